The van der Waals surface area contributed by atoms with E-state index in [1.165, 1.54) is 5.56 Å². The van der Waals surface area contributed by atoms with Gasteiger partial charge in [-0.2, -0.15) is 0 Å². The van der Waals surface area contributed by atoms with Gasteiger partial charge in [0.15, 0.2) is 5.82 Å². The van der Waals surface area contributed by atoms with Crippen molar-refractivity contribution in [2.24, 2.45) is 5.73 Å². The maximum absolute atomic E-state index is 5.53. The molecular formula is C13H14N4S. The first-order valence-corrected chi connectivity index (χ1v) is 6.75. The molecule has 0 amide bonds. The molecule has 18 heavy (non-hydrogen) atoms. The normalized spacial score (nSPS) is 11.2. The maximum atomic E-state index is 5.53. The lowest BCUT2D eigenvalue weighted by atomic mass is 10.2. The largest absolute Gasteiger partial charge is 0.337 e. The SMILES string of the molecule is Cc1ccc2nc(-c3csc(CCN)n3)[nH]c2c1. The Morgan fingerprint density at radius 2 is 2.22 bits per heavy atom. The quantitative estimate of drug-likeness (QED) is 0.758. The van der Waals surface area contributed by atoms with Crippen LogP contribution in [0.4, 0.5) is 0 Å². The molecule has 0 atom stereocenters. The second-order valence-corrected chi connectivity index (χ2v) is 5.21. The second-order valence-electron chi connectivity index (χ2n) is 4.27. The molecule has 0 fully saturated rings. The number of aromatic nitrogens is 3. The van der Waals surface area contributed by atoms with E-state index < -0.39 is 0 Å². The molecule has 5 heteroatoms. The van der Waals surface area contributed by atoms with Gasteiger partial charge < -0.3 is 10.7 Å². The molecule has 0 unspecified atom stereocenters. The molecule has 3 aromatic rings. The maximum Gasteiger partial charge on any atom is 0.158 e. The van der Waals surface area contributed by atoms with Crippen LogP contribution in [0.3, 0.4) is 0 Å². The molecular weight excluding hydrogens is 244 g/mol. The van der Waals surface area contributed by atoms with Crippen molar-refractivity contribution in [3.05, 3.63) is 34.2 Å². The lowest BCUT2D eigenvalue weighted by Crippen LogP contribution is -2.02. The Labute approximate surface area is 109 Å². The fraction of sp³-hybridized carbons (Fsp3) is 0.231. The molecule has 0 radical (unpaired) electrons. The topological polar surface area (TPSA) is 67.6 Å². The van der Waals surface area contributed by atoms with Crippen molar-refractivity contribution in [3.8, 4) is 11.5 Å². The van der Waals surface area contributed by atoms with Crippen LogP contribution >= 0.6 is 11.3 Å². The van der Waals surface area contributed by atoms with Crippen LogP contribution < -0.4 is 5.73 Å². The number of aryl methyl sites for hydroxylation is 1. The van der Waals surface area contributed by atoms with Gasteiger partial charge in [0.1, 0.15) is 5.69 Å². The molecule has 92 valence electrons. The number of hydrogen-bond acceptors (Lipinski definition) is 4. The molecule has 2 aromatic heterocycles. The summed E-state index contributed by atoms with van der Waals surface area (Å²) in [5.74, 6) is 0.829. The minimum atomic E-state index is 0.631. The summed E-state index contributed by atoms with van der Waals surface area (Å²) in [5, 5.41) is 3.08. The van der Waals surface area contributed by atoms with E-state index >= 15 is 0 Å². The zero-order valence-corrected chi connectivity index (χ0v) is 10.9. The highest BCUT2D eigenvalue weighted by Gasteiger charge is 2.09. The van der Waals surface area contributed by atoms with Crippen molar-refractivity contribution in [2.75, 3.05) is 6.54 Å². The fourth-order valence-corrected chi connectivity index (χ4v) is 2.70. The highest BCUT2D eigenvalue weighted by atomic mass is 32.1. The monoisotopic (exact) mass is 258 g/mol. The molecule has 3 N–H and O–H groups in total. The number of imidazole rings is 1. The van der Waals surface area contributed by atoms with Crippen molar-refractivity contribution in [1.29, 1.82) is 0 Å². The Kier molecular flexibility index (Phi) is 2.85. The summed E-state index contributed by atoms with van der Waals surface area (Å²) >= 11 is 1.63. The summed E-state index contributed by atoms with van der Waals surface area (Å²) in [6.07, 6.45) is 0.823. The Bertz CT molecular complexity index is 683. The van der Waals surface area contributed by atoms with Crippen molar-refractivity contribution in [2.45, 2.75) is 13.3 Å². The van der Waals surface area contributed by atoms with E-state index in [9.17, 15) is 0 Å². The summed E-state index contributed by atoms with van der Waals surface area (Å²) < 4.78 is 0. The van der Waals surface area contributed by atoms with Gasteiger partial charge in [-0.15, -0.1) is 11.3 Å². The Morgan fingerprint density at radius 3 is 3.06 bits per heavy atom. The molecule has 0 aliphatic heterocycles. The average Bonchev–Trinajstić information content (AvgIpc) is 2.94. The van der Waals surface area contributed by atoms with Crippen LogP contribution in [0.15, 0.2) is 23.6 Å². The van der Waals surface area contributed by atoms with Crippen LogP contribution in [0, 0.1) is 6.92 Å². The molecule has 2 heterocycles. The van der Waals surface area contributed by atoms with Gasteiger partial charge >= 0.3 is 0 Å². The minimum Gasteiger partial charge on any atom is -0.337 e. The van der Waals surface area contributed by atoms with Crippen molar-refractivity contribution in [3.63, 3.8) is 0 Å². The lowest BCUT2D eigenvalue weighted by molar-refractivity contribution is 0.953. The summed E-state index contributed by atoms with van der Waals surface area (Å²) in [4.78, 5) is 12.4. The summed E-state index contributed by atoms with van der Waals surface area (Å²) in [5.41, 5.74) is 9.68. The molecule has 1 aromatic carbocycles. The van der Waals surface area contributed by atoms with Gasteiger partial charge in [-0.1, -0.05) is 6.07 Å². The van der Waals surface area contributed by atoms with E-state index in [-0.39, 0.29) is 0 Å². The third kappa shape index (κ3) is 2.02. The highest BCUT2D eigenvalue weighted by molar-refractivity contribution is 7.09. The number of nitrogens with two attached hydrogens (primary N) is 1. The third-order valence-electron chi connectivity index (χ3n) is 2.79. The van der Waals surface area contributed by atoms with Gasteiger partial charge in [0.05, 0.1) is 16.0 Å². The standard InChI is InChI=1S/C13H14N4S/c1-8-2-3-9-10(6-8)17-13(16-9)11-7-18-12(15-11)4-5-14/h2-3,6-7H,4-5,14H2,1H3,(H,16,17). The fourth-order valence-electron chi connectivity index (χ4n) is 1.90. The van der Waals surface area contributed by atoms with Crippen LogP contribution in [0.5, 0.6) is 0 Å². The van der Waals surface area contributed by atoms with E-state index in [1.54, 1.807) is 11.3 Å². The molecule has 0 saturated heterocycles. The molecule has 4 nitrogen and oxygen atoms in total. The van der Waals surface area contributed by atoms with Gasteiger partial charge in [-0.25, -0.2) is 9.97 Å². The van der Waals surface area contributed by atoms with Crippen molar-refractivity contribution in [1.82, 2.24) is 15.0 Å². The van der Waals surface area contributed by atoms with Gasteiger partial charge in [0.25, 0.3) is 0 Å². The summed E-state index contributed by atoms with van der Waals surface area (Å²) in [7, 11) is 0. The number of benzene rings is 1. The molecule has 0 saturated carbocycles. The molecule has 0 spiro atoms. The number of H-pyrrole nitrogens is 1. The first-order chi connectivity index (χ1) is 8.76. The molecule has 0 aliphatic carbocycles. The predicted molar refractivity (Wildman–Crippen MR) is 74.7 cm³/mol. The van der Waals surface area contributed by atoms with Gasteiger partial charge in [0, 0.05) is 11.8 Å². The van der Waals surface area contributed by atoms with Gasteiger partial charge in [-0.05, 0) is 31.2 Å². The van der Waals surface area contributed by atoms with E-state index in [0.717, 1.165) is 34.0 Å². The number of fused-ring (bicyclic) bond motifs is 1. The summed E-state index contributed by atoms with van der Waals surface area (Å²) in [6, 6.07) is 6.19. The Morgan fingerprint density at radius 1 is 1.33 bits per heavy atom. The molecule has 3 rings (SSSR count). The minimum absolute atomic E-state index is 0.631. The molecule has 0 aliphatic rings. The van der Waals surface area contributed by atoms with E-state index in [2.05, 4.69) is 34.0 Å². The Balaban J connectivity index is 2.02. The number of aromatic amines is 1. The van der Waals surface area contributed by atoms with E-state index in [1.807, 2.05) is 11.4 Å². The van der Waals surface area contributed by atoms with Crippen LogP contribution in [0.25, 0.3) is 22.6 Å². The summed E-state index contributed by atoms with van der Waals surface area (Å²) in [6.45, 7) is 2.70. The van der Waals surface area contributed by atoms with Crippen LogP contribution in [-0.2, 0) is 6.42 Å². The van der Waals surface area contributed by atoms with Crippen molar-refractivity contribution < 1.29 is 0 Å². The first kappa shape index (κ1) is 11.4. The zero-order valence-electron chi connectivity index (χ0n) is 10.1. The highest BCUT2D eigenvalue weighted by Crippen LogP contribution is 2.23. The smallest absolute Gasteiger partial charge is 0.158 e. The number of hydrogen-bond donors (Lipinski definition) is 2. The number of nitrogens with zero attached hydrogens (tertiary/aromatic N) is 2. The molecule has 0 bridgehead atoms. The number of thiazole rings is 1. The van der Waals surface area contributed by atoms with Crippen LogP contribution in [-0.4, -0.2) is 21.5 Å². The van der Waals surface area contributed by atoms with E-state index in [4.69, 9.17) is 5.73 Å². The third-order valence-corrected chi connectivity index (χ3v) is 3.70. The zero-order chi connectivity index (χ0) is 12.5. The van der Waals surface area contributed by atoms with Gasteiger partial charge in [-0.3, -0.25) is 0 Å². The Hall–Kier alpha value is -1.72. The predicted octanol–water partition coefficient (Wildman–Crippen LogP) is 2.50. The van der Waals surface area contributed by atoms with Crippen LogP contribution in [0.2, 0.25) is 0 Å². The van der Waals surface area contributed by atoms with Crippen LogP contribution in [0.1, 0.15) is 10.6 Å². The van der Waals surface area contributed by atoms with Crippen molar-refractivity contribution >= 4 is 22.4 Å². The average molecular weight is 258 g/mol. The number of rotatable bonds is 3. The van der Waals surface area contributed by atoms with Gasteiger partial charge in [0.2, 0.25) is 0 Å². The van der Waals surface area contributed by atoms with E-state index in [0.29, 0.717) is 6.54 Å². The lowest BCUT2D eigenvalue weighted by Gasteiger charge is -1.90. The second kappa shape index (κ2) is 4.51. The first-order valence-electron chi connectivity index (χ1n) is 5.87. The number of nitrogens with one attached hydrogen (secondary N) is 1.